The molecule has 0 spiro atoms. The topological polar surface area (TPSA) is 52.6 Å². The lowest BCUT2D eigenvalue weighted by Gasteiger charge is -2.33. The van der Waals surface area contributed by atoms with Crippen LogP contribution in [0.15, 0.2) is 24.3 Å². The van der Waals surface area contributed by atoms with E-state index in [9.17, 15) is 9.90 Å². The zero-order valence-corrected chi connectivity index (χ0v) is 14.8. The highest BCUT2D eigenvalue weighted by atomic mass is 16.3. The van der Waals surface area contributed by atoms with Crippen molar-refractivity contribution < 1.29 is 9.90 Å². The highest BCUT2D eigenvalue weighted by Gasteiger charge is 2.38. The minimum atomic E-state index is -0.479. The van der Waals surface area contributed by atoms with E-state index in [-0.39, 0.29) is 25.1 Å². The van der Waals surface area contributed by atoms with E-state index in [0.717, 1.165) is 24.9 Å². The van der Waals surface area contributed by atoms with E-state index in [2.05, 4.69) is 31.3 Å². The molecule has 0 fully saturated rings. The van der Waals surface area contributed by atoms with E-state index in [0.29, 0.717) is 5.92 Å². The molecule has 1 aromatic rings. The smallest absolute Gasteiger partial charge is 0.236 e. The average Bonchev–Trinajstić information content (AvgIpc) is 2.89. The van der Waals surface area contributed by atoms with Gasteiger partial charge >= 0.3 is 0 Å². The molecule has 0 bridgehead atoms. The minimum absolute atomic E-state index is 0.0170. The second kappa shape index (κ2) is 7.45. The third-order valence-corrected chi connectivity index (χ3v) is 4.71. The van der Waals surface area contributed by atoms with Crippen LogP contribution in [-0.4, -0.2) is 41.7 Å². The predicted molar refractivity (Wildman–Crippen MR) is 93.2 cm³/mol. The molecule has 1 amide bonds. The number of aryl methyl sites for hydroxylation is 1. The molecule has 2 rings (SSSR count). The van der Waals surface area contributed by atoms with Gasteiger partial charge in [0.05, 0.1) is 18.7 Å². The standard InChI is InChI=1S/C19H30N2O2/c1-14(2)12-21(15(3)4)18(23)11-20-19(13-22)10-9-16-7-5-6-8-17(16)19/h5-8,14-15,20,22H,9-13H2,1-4H3. The molecule has 4 heteroatoms. The maximum Gasteiger partial charge on any atom is 0.236 e. The van der Waals surface area contributed by atoms with Gasteiger partial charge in [-0.05, 0) is 43.7 Å². The van der Waals surface area contributed by atoms with Crippen molar-refractivity contribution in [3.63, 3.8) is 0 Å². The third kappa shape index (κ3) is 3.93. The Balaban J connectivity index is 2.08. The van der Waals surface area contributed by atoms with Crippen molar-refractivity contribution in [2.75, 3.05) is 19.7 Å². The van der Waals surface area contributed by atoms with Gasteiger partial charge in [0.15, 0.2) is 0 Å². The average molecular weight is 318 g/mol. The van der Waals surface area contributed by atoms with Crippen molar-refractivity contribution in [3.05, 3.63) is 35.4 Å². The predicted octanol–water partition coefficient (Wildman–Crippen LogP) is 2.30. The summed E-state index contributed by atoms with van der Waals surface area (Å²) in [4.78, 5) is 14.5. The van der Waals surface area contributed by atoms with Crippen LogP contribution >= 0.6 is 0 Å². The molecule has 23 heavy (non-hydrogen) atoms. The molecule has 0 radical (unpaired) electrons. The van der Waals surface area contributed by atoms with Crippen molar-refractivity contribution in [3.8, 4) is 0 Å². The molecular weight excluding hydrogens is 288 g/mol. The summed E-state index contributed by atoms with van der Waals surface area (Å²) in [7, 11) is 0. The Morgan fingerprint density at radius 1 is 1.30 bits per heavy atom. The van der Waals surface area contributed by atoms with E-state index in [1.807, 2.05) is 30.9 Å². The Kier molecular flexibility index (Phi) is 5.82. The van der Waals surface area contributed by atoms with Crippen molar-refractivity contribution in [2.24, 2.45) is 5.92 Å². The van der Waals surface area contributed by atoms with Crippen molar-refractivity contribution in [1.29, 1.82) is 0 Å². The number of nitrogens with one attached hydrogen (secondary N) is 1. The molecule has 0 aromatic heterocycles. The number of aliphatic hydroxyl groups is 1. The highest BCUT2D eigenvalue weighted by molar-refractivity contribution is 5.78. The number of fused-ring (bicyclic) bond motifs is 1. The number of aliphatic hydroxyl groups excluding tert-OH is 1. The Labute approximate surface area is 139 Å². The second-order valence-corrected chi connectivity index (χ2v) is 7.28. The zero-order valence-electron chi connectivity index (χ0n) is 14.8. The summed E-state index contributed by atoms with van der Waals surface area (Å²) in [6, 6.07) is 8.38. The van der Waals surface area contributed by atoms with E-state index >= 15 is 0 Å². The van der Waals surface area contributed by atoms with Crippen LogP contribution in [0.1, 0.15) is 45.2 Å². The number of carbonyl (C=O) groups excluding carboxylic acids is 1. The zero-order chi connectivity index (χ0) is 17.0. The number of hydrogen-bond acceptors (Lipinski definition) is 3. The fourth-order valence-electron chi connectivity index (χ4n) is 3.43. The number of benzene rings is 1. The van der Waals surface area contributed by atoms with Gasteiger partial charge < -0.3 is 10.0 Å². The summed E-state index contributed by atoms with van der Waals surface area (Å²) in [6.45, 7) is 9.39. The first kappa shape index (κ1) is 18.0. The third-order valence-electron chi connectivity index (χ3n) is 4.71. The van der Waals surface area contributed by atoms with E-state index in [1.165, 1.54) is 5.56 Å². The lowest BCUT2D eigenvalue weighted by Crippen LogP contribution is -2.51. The molecule has 1 aliphatic rings. The van der Waals surface area contributed by atoms with Crippen LogP contribution in [0, 0.1) is 5.92 Å². The van der Waals surface area contributed by atoms with Gasteiger partial charge in [-0.1, -0.05) is 38.1 Å². The number of carbonyl (C=O) groups is 1. The van der Waals surface area contributed by atoms with Crippen LogP contribution in [0.5, 0.6) is 0 Å². The molecular formula is C19H30N2O2. The summed E-state index contributed by atoms with van der Waals surface area (Å²) in [5.41, 5.74) is 1.92. The Hall–Kier alpha value is -1.39. The molecule has 1 aromatic carbocycles. The summed E-state index contributed by atoms with van der Waals surface area (Å²) >= 11 is 0. The maximum absolute atomic E-state index is 12.6. The van der Waals surface area contributed by atoms with E-state index in [4.69, 9.17) is 0 Å². The first-order chi connectivity index (χ1) is 10.9. The number of hydrogen-bond donors (Lipinski definition) is 2. The Bertz CT molecular complexity index is 542. The van der Waals surface area contributed by atoms with Gasteiger partial charge in [0, 0.05) is 12.6 Å². The van der Waals surface area contributed by atoms with Crippen LogP contribution in [0.25, 0.3) is 0 Å². The molecule has 1 unspecified atom stereocenters. The van der Waals surface area contributed by atoms with Gasteiger partial charge in [-0.15, -0.1) is 0 Å². The molecule has 4 nitrogen and oxygen atoms in total. The normalized spacial score (nSPS) is 20.1. The molecule has 0 saturated heterocycles. The highest BCUT2D eigenvalue weighted by Crippen LogP contribution is 2.36. The van der Waals surface area contributed by atoms with Crippen molar-refractivity contribution in [2.45, 2.75) is 52.1 Å². The van der Waals surface area contributed by atoms with Gasteiger partial charge in [0.1, 0.15) is 0 Å². The monoisotopic (exact) mass is 318 g/mol. The minimum Gasteiger partial charge on any atom is -0.394 e. The van der Waals surface area contributed by atoms with Crippen LogP contribution in [0.2, 0.25) is 0 Å². The molecule has 1 aliphatic carbocycles. The SMILES string of the molecule is CC(C)CN(C(=O)CNC1(CO)CCc2ccccc21)C(C)C. The largest absolute Gasteiger partial charge is 0.394 e. The Morgan fingerprint density at radius 3 is 2.61 bits per heavy atom. The van der Waals surface area contributed by atoms with E-state index < -0.39 is 5.54 Å². The Morgan fingerprint density at radius 2 is 2.00 bits per heavy atom. The quantitative estimate of drug-likeness (QED) is 0.811. The van der Waals surface area contributed by atoms with Crippen LogP contribution in [-0.2, 0) is 16.8 Å². The molecule has 128 valence electrons. The molecule has 2 N–H and O–H groups in total. The fraction of sp³-hybridized carbons (Fsp3) is 0.632. The van der Waals surface area contributed by atoms with E-state index in [1.54, 1.807) is 0 Å². The molecule has 1 atom stereocenters. The summed E-state index contributed by atoms with van der Waals surface area (Å²) in [5.74, 6) is 0.547. The first-order valence-electron chi connectivity index (χ1n) is 8.63. The summed E-state index contributed by atoms with van der Waals surface area (Å²) < 4.78 is 0. The second-order valence-electron chi connectivity index (χ2n) is 7.28. The first-order valence-corrected chi connectivity index (χ1v) is 8.63. The lowest BCUT2D eigenvalue weighted by molar-refractivity contribution is -0.133. The molecule has 0 heterocycles. The van der Waals surface area contributed by atoms with Gasteiger partial charge in [-0.3, -0.25) is 10.1 Å². The van der Waals surface area contributed by atoms with Gasteiger partial charge in [-0.2, -0.15) is 0 Å². The number of nitrogens with zero attached hydrogens (tertiary/aromatic N) is 1. The molecule has 0 saturated carbocycles. The maximum atomic E-state index is 12.6. The van der Waals surface area contributed by atoms with Crippen LogP contribution in [0.3, 0.4) is 0 Å². The van der Waals surface area contributed by atoms with Gasteiger partial charge in [0.2, 0.25) is 5.91 Å². The van der Waals surface area contributed by atoms with Crippen LogP contribution < -0.4 is 5.32 Å². The lowest BCUT2D eigenvalue weighted by atomic mass is 9.92. The van der Waals surface area contributed by atoms with Crippen LogP contribution in [0.4, 0.5) is 0 Å². The van der Waals surface area contributed by atoms with Gasteiger partial charge in [0.25, 0.3) is 0 Å². The number of rotatable bonds is 7. The van der Waals surface area contributed by atoms with Crippen molar-refractivity contribution in [1.82, 2.24) is 10.2 Å². The molecule has 0 aliphatic heterocycles. The summed E-state index contributed by atoms with van der Waals surface area (Å²) in [6.07, 6.45) is 1.78. The van der Waals surface area contributed by atoms with Crippen molar-refractivity contribution >= 4 is 5.91 Å². The number of amides is 1. The summed E-state index contributed by atoms with van der Waals surface area (Å²) in [5, 5.41) is 13.4. The van der Waals surface area contributed by atoms with Gasteiger partial charge in [-0.25, -0.2) is 0 Å². The fourth-order valence-corrected chi connectivity index (χ4v) is 3.43.